The second-order valence-corrected chi connectivity index (χ2v) is 9.56. The molecule has 198 valence electrons. The lowest BCUT2D eigenvalue weighted by Crippen LogP contribution is -2.53. The monoisotopic (exact) mass is 533 g/mol. The molecule has 0 saturated carbocycles. The van der Waals surface area contributed by atoms with Gasteiger partial charge in [0.15, 0.2) is 0 Å². The number of likely N-dealkylation sites (tertiary alicyclic amines) is 1. The van der Waals surface area contributed by atoms with Crippen LogP contribution in [-0.4, -0.2) is 42.8 Å². The van der Waals surface area contributed by atoms with E-state index in [1.165, 1.54) is 36.4 Å². The van der Waals surface area contributed by atoms with E-state index in [0.29, 0.717) is 19.0 Å². The van der Waals surface area contributed by atoms with Gasteiger partial charge in [0.2, 0.25) is 0 Å². The van der Waals surface area contributed by atoms with Gasteiger partial charge < -0.3 is 19.1 Å². The number of rotatable bonds is 6. The number of hydrogen-bond donors (Lipinski definition) is 0. The summed E-state index contributed by atoms with van der Waals surface area (Å²) in [6.45, 7) is 5.17. The second kappa shape index (κ2) is 11.9. The Morgan fingerprint density at radius 1 is 0.892 bits per heavy atom. The minimum atomic E-state index is -0.419. The van der Waals surface area contributed by atoms with Crippen molar-refractivity contribution in [2.45, 2.75) is 44.2 Å². The van der Waals surface area contributed by atoms with Crippen molar-refractivity contribution in [2.75, 3.05) is 26.2 Å². The van der Waals surface area contributed by atoms with E-state index in [4.69, 9.17) is 14.2 Å². The minimum absolute atomic E-state index is 0. The molecule has 2 aliphatic rings. The van der Waals surface area contributed by atoms with Crippen LogP contribution < -0.4 is 4.74 Å². The zero-order valence-electron chi connectivity index (χ0n) is 20.7. The second-order valence-electron chi connectivity index (χ2n) is 9.56. The van der Waals surface area contributed by atoms with Crippen molar-refractivity contribution in [1.29, 1.82) is 0 Å². The van der Waals surface area contributed by atoms with E-state index in [-0.39, 0.29) is 36.0 Å². The van der Waals surface area contributed by atoms with E-state index in [0.717, 1.165) is 49.2 Å². The fourth-order valence-corrected chi connectivity index (χ4v) is 5.08. The summed E-state index contributed by atoms with van der Waals surface area (Å²) in [6, 6.07) is 17.0. The summed E-state index contributed by atoms with van der Waals surface area (Å²) in [5.74, 6) is -0.236. The summed E-state index contributed by atoms with van der Waals surface area (Å²) in [4.78, 5) is 2.32. The maximum atomic E-state index is 13.7. The van der Waals surface area contributed by atoms with Crippen LogP contribution in [0.2, 0.25) is 0 Å². The maximum Gasteiger partial charge on any atom is 0.125 e. The van der Waals surface area contributed by atoms with Gasteiger partial charge in [-0.2, -0.15) is 0 Å². The van der Waals surface area contributed by atoms with Crippen molar-refractivity contribution in [1.82, 2.24) is 4.90 Å². The van der Waals surface area contributed by atoms with Crippen molar-refractivity contribution in [3.8, 4) is 5.75 Å². The molecule has 1 atom stereocenters. The zero-order valence-corrected chi connectivity index (χ0v) is 21.5. The molecule has 0 aliphatic carbocycles. The first-order chi connectivity index (χ1) is 17.4. The highest BCUT2D eigenvalue weighted by molar-refractivity contribution is 5.85. The van der Waals surface area contributed by atoms with Gasteiger partial charge in [0.25, 0.3) is 0 Å². The molecule has 1 spiro atoms. The van der Waals surface area contributed by atoms with Crippen LogP contribution in [0.3, 0.4) is 0 Å². The summed E-state index contributed by atoms with van der Waals surface area (Å²) < 4.78 is 59.4. The van der Waals surface area contributed by atoms with Crippen LogP contribution in [0.1, 0.15) is 42.6 Å². The third-order valence-electron chi connectivity index (χ3n) is 7.32. The van der Waals surface area contributed by atoms with E-state index in [1.54, 1.807) is 30.3 Å². The Morgan fingerprint density at radius 2 is 1.46 bits per heavy atom. The Balaban J connectivity index is 0.00000320. The quantitative estimate of drug-likeness (QED) is 0.364. The van der Waals surface area contributed by atoms with Crippen LogP contribution in [0.15, 0.2) is 66.7 Å². The SMILES string of the molecule is CC1Oc2ccc(F)cc2COC12CCN(CCOC(c1ccc(F)cc1)c1ccc(F)cc1)CC2.Cl. The molecular weight excluding hydrogens is 503 g/mol. The van der Waals surface area contributed by atoms with Gasteiger partial charge in [-0.05, 0) is 73.4 Å². The fourth-order valence-electron chi connectivity index (χ4n) is 5.08. The Labute approximate surface area is 221 Å². The molecule has 3 aromatic rings. The fraction of sp³-hybridized carbons (Fsp3) is 0.379. The molecule has 0 bridgehead atoms. The smallest absolute Gasteiger partial charge is 0.125 e. The number of nitrogens with zero attached hydrogens (tertiary/aromatic N) is 1. The third kappa shape index (κ3) is 6.29. The topological polar surface area (TPSA) is 30.9 Å². The van der Waals surface area contributed by atoms with Gasteiger partial charge in [0, 0.05) is 25.2 Å². The average Bonchev–Trinajstić information content (AvgIpc) is 3.01. The molecule has 8 heteroatoms. The number of ether oxygens (including phenoxy) is 3. The van der Waals surface area contributed by atoms with Crippen molar-refractivity contribution in [3.63, 3.8) is 0 Å². The van der Waals surface area contributed by atoms with E-state index >= 15 is 0 Å². The minimum Gasteiger partial charge on any atom is -0.487 e. The summed E-state index contributed by atoms with van der Waals surface area (Å²) in [6.07, 6.45) is 1.03. The van der Waals surface area contributed by atoms with Gasteiger partial charge in [-0.15, -0.1) is 12.4 Å². The molecule has 3 aromatic carbocycles. The van der Waals surface area contributed by atoms with Gasteiger partial charge in [-0.1, -0.05) is 24.3 Å². The van der Waals surface area contributed by atoms with E-state index in [2.05, 4.69) is 4.90 Å². The Hall–Kier alpha value is -2.58. The highest BCUT2D eigenvalue weighted by Crippen LogP contribution is 2.38. The molecule has 37 heavy (non-hydrogen) atoms. The molecule has 1 saturated heterocycles. The van der Waals surface area contributed by atoms with Crippen molar-refractivity contribution < 1.29 is 27.4 Å². The standard InChI is InChI=1S/C29H30F3NO3.ClH/c1-20-29(35-19-23-18-26(32)10-11-27(23)36-20)12-14-33(15-13-29)16-17-34-28(21-2-6-24(30)7-3-21)22-4-8-25(31)9-5-22;/h2-11,18,20,28H,12-17,19H2,1H3;1H. The van der Waals surface area contributed by atoms with E-state index in [1.807, 2.05) is 6.92 Å². The van der Waals surface area contributed by atoms with Gasteiger partial charge >= 0.3 is 0 Å². The van der Waals surface area contributed by atoms with E-state index < -0.39 is 11.7 Å². The Bertz CT molecular complexity index is 1120. The highest BCUT2D eigenvalue weighted by atomic mass is 35.5. The molecule has 0 aromatic heterocycles. The van der Waals surface area contributed by atoms with Gasteiger partial charge in [0.05, 0.1) is 13.2 Å². The van der Waals surface area contributed by atoms with Crippen LogP contribution in [0.4, 0.5) is 13.2 Å². The number of benzene rings is 3. The summed E-state index contributed by atoms with van der Waals surface area (Å²) in [7, 11) is 0. The van der Waals surface area contributed by atoms with Crippen LogP contribution >= 0.6 is 12.4 Å². The Morgan fingerprint density at radius 3 is 2.05 bits per heavy atom. The molecule has 2 heterocycles. The molecule has 1 fully saturated rings. The average molecular weight is 534 g/mol. The largest absolute Gasteiger partial charge is 0.487 e. The van der Waals surface area contributed by atoms with Crippen LogP contribution in [0.25, 0.3) is 0 Å². The normalized spacial score (nSPS) is 19.1. The lowest BCUT2D eigenvalue weighted by Gasteiger charge is -2.43. The lowest BCUT2D eigenvalue weighted by atomic mass is 9.86. The Kier molecular flexibility index (Phi) is 8.80. The highest BCUT2D eigenvalue weighted by Gasteiger charge is 2.43. The molecule has 0 N–H and O–H groups in total. The molecule has 1 unspecified atom stereocenters. The van der Waals surface area contributed by atoms with Crippen LogP contribution in [-0.2, 0) is 16.1 Å². The molecule has 2 aliphatic heterocycles. The van der Waals surface area contributed by atoms with Gasteiger partial charge in [-0.3, -0.25) is 0 Å². The maximum absolute atomic E-state index is 13.7. The van der Waals surface area contributed by atoms with Crippen molar-refractivity contribution >= 4 is 12.4 Å². The van der Waals surface area contributed by atoms with Crippen LogP contribution in [0, 0.1) is 17.5 Å². The summed E-state index contributed by atoms with van der Waals surface area (Å²) in [5, 5.41) is 0. The molecule has 5 rings (SSSR count). The third-order valence-corrected chi connectivity index (χ3v) is 7.32. The van der Waals surface area contributed by atoms with Gasteiger partial charge in [-0.25, -0.2) is 13.2 Å². The van der Waals surface area contributed by atoms with E-state index in [9.17, 15) is 13.2 Å². The predicted molar refractivity (Wildman–Crippen MR) is 138 cm³/mol. The zero-order chi connectivity index (χ0) is 25.1. The number of piperidine rings is 1. The molecular formula is C29H31ClF3NO3. The summed E-state index contributed by atoms with van der Waals surface area (Å²) in [5.41, 5.74) is 1.95. The molecule has 4 nitrogen and oxygen atoms in total. The first-order valence-electron chi connectivity index (χ1n) is 12.4. The van der Waals surface area contributed by atoms with Crippen molar-refractivity contribution in [2.24, 2.45) is 0 Å². The number of halogens is 4. The van der Waals surface area contributed by atoms with Crippen molar-refractivity contribution in [3.05, 3.63) is 101 Å². The lowest BCUT2D eigenvalue weighted by molar-refractivity contribution is -0.137. The first-order valence-corrected chi connectivity index (χ1v) is 12.4. The number of hydrogen-bond acceptors (Lipinski definition) is 4. The number of fused-ring (bicyclic) bond motifs is 1. The summed E-state index contributed by atoms with van der Waals surface area (Å²) >= 11 is 0. The molecule has 0 radical (unpaired) electrons. The predicted octanol–water partition coefficient (Wildman–Crippen LogP) is 6.46. The first kappa shape index (κ1) is 27.5. The van der Waals surface area contributed by atoms with Crippen LogP contribution in [0.5, 0.6) is 5.75 Å². The molecule has 0 amide bonds. The van der Waals surface area contributed by atoms with Gasteiger partial charge in [0.1, 0.15) is 41.0 Å².